The second-order valence-corrected chi connectivity index (χ2v) is 10.9. The fraction of sp³-hybridized carbons (Fsp3) is 0.440. The number of sulfonamides is 1. The number of nitrogens with zero attached hydrogens (tertiary/aromatic N) is 2. The standard InChI is InChI=1S/C25H34ClN3O6S/c1-7-21(25(31)27-17(2)3)28(15-18-8-10-19(26)11-9-18)24(30)16-29(36(6,32)33)22-13-12-20(34-4)14-23(22)35-5/h8-14,17,21H,7,15-16H2,1-6H3,(H,27,31)/t21-/m0/s1. The highest BCUT2D eigenvalue weighted by Gasteiger charge is 2.32. The molecule has 0 saturated carbocycles. The summed E-state index contributed by atoms with van der Waals surface area (Å²) >= 11 is 6.01. The molecule has 2 aromatic rings. The summed E-state index contributed by atoms with van der Waals surface area (Å²) in [4.78, 5) is 28.1. The Hall–Kier alpha value is -2.98. The molecule has 1 atom stereocenters. The Balaban J connectivity index is 2.50. The Morgan fingerprint density at radius 3 is 2.19 bits per heavy atom. The van der Waals surface area contributed by atoms with Crippen LogP contribution in [-0.4, -0.2) is 64.2 Å². The molecule has 0 spiro atoms. The first-order valence-electron chi connectivity index (χ1n) is 11.4. The van der Waals surface area contributed by atoms with Crippen molar-refractivity contribution < 1.29 is 27.5 Å². The second kappa shape index (κ2) is 12.8. The summed E-state index contributed by atoms with van der Waals surface area (Å²) < 4.78 is 37.1. The Bertz CT molecular complexity index is 1150. The summed E-state index contributed by atoms with van der Waals surface area (Å²) in [5, 5.41) is 3.39. The highest BCUT2D eigenvalue weighted by atomic mass is 35.5. The molecule has 0 aliphatic heterocycles. The molecule has 1 N–H and O–H groups in total. The molecule has 0 radical (unpaired) electrons. The number of rotatable bonds is 12. The molecule has 2 rings (SSSR count). The largest absolute Gasteiger partial charge is 0.497 e. The summed E-state index contributed by atoms with van der Waals surface area (Å²) in [7, 11) is -1.02. The third kappa shape index (κ3) is 7.76. The highest BCUT2D eigenvalue weighted by Crippen LogP contribution is 2.33. The van der Waals surface area contributed by atoms with Gasteiger partial charge in [0.05, 0.1) is 26.2 Å². The molecule has 0 saturated heterocycles. The number of carbonyl (C=O) groups excluding carboxylic acids is 2. The van der Waals surface area contributed by atoms with Crippen LogP contribution >= 0.6 is 11.6 Å². The van der Waals surface area contributed by atoms with Crippen LogP contribution in [0, 0.1) is 0 Å². The predicted octanol–water partition coefficient (Wildman–Crippen LogP) is 3.46. The molecule has 2 amide bonds. The lowest BCUT2D eigenvalue weighted by atomic mass is 10.1. The van der Waals surface area contributed by atoms with Gasteiger partial charge in [-0.2, -0.15) is 0 Å². The molecule has 198 valence electrons. The van der Waals surface area contributed by atoms with Crippen LogP contribution in [0.4, 0.5) is 5.69 Å². The molecule has 9 nitrogen and oxygen atoms in total. The molecule has 0 heterocycles. The maximum Gasteiger partial charge on any atom is 0.244 e. The minimum Gasteiger partial charge on any atom is -0.497 e. The van der Waals surface area contributed by atoms with Crippen LogP contribution in [0.25, 0.3) is 0 Å². The van der Waals surface area contributed by atoms with Gasteiger partial charge >= 0.3 is 0 Å². The zero-order valence-electron chi connectivity index (χ0n) is 21.4. The van der Waals surface area contributed by atoms with Gasteiger partial charge in [0.1, 0.15) is 24.1 Å². The van der Waals surface area contributed by atoms with Crippen LogP contribution < -0.4 is 19.1 Å². The van der Waals surface area contributed by atoms with Crippen LogP contribution in [0.15, 0.2) is 42.5 Å². The van der Waals surface area contributed by atoms with E-state index in [4.69, 9.17) is 21.1 Å². The molecule has 2 aromatic carbocycles. The molecule has 0 aliphatic rings. The minimum atomic E-state index is -3.90. The number of carbonyl (C=O) groups is 2. The Kier molecular flexibility index (Phi) is 10.4. The number of benzene rings is 2. The van der Waals surface area contributed by atoms with Gasteiger partial charge < -0.3 is 19.7 Å². The molecule has 0 unspecified atom stereocenters. The fourth-order valence-corrected chi connectivity index (χ4v) is 4.65. The van der Waals surface area contributed by atoms with Crippen molar-refractivity contribution in [3.05, 3.63) is 53.1 Å². The van der Waals surface area contributed by atoms with E-state index in [0.29, 0.717) is 17.2 Å². The molecule has 0 bridgehead atoms. The van der Waals surface area contributed by atoms with Gasteiger partial charge in [-0.05, 0) is 50.1 Å². The third-order valence-electron chi connectivity index (χ3n) is 5.42. The predicted molar refractivity (Wildman–Crippen MR) is 141 cm³/mol. The van der Waals surface area contributed by atoms with Crippen LogP contribution in [0.2, 0.25) is 5.02 Å². The van der Waals surface area contributed by atoms with Gasteiger partial charge in [0, 0.05) is 23.7 Å². The van der Waals surface area contributed by atoms with Crippen LogP contribution in [0.1, 0.15) is 32.8 Å². The normalized spacial score (nSPS) is 12.1. The number of halogens is 1. The van der Waals surface area contributed by atoms with Crippen molar-refractivity contribution >= 4 is 39.1 Å². The van der Waals surface area contributed by atoms with E-state index in [1.807, 2.05) is 13.8 Å². The topological polar surface area (TPSA) is 105 Å². The zero-order valence-corrected chi connectivity index (χ0v) is 23.0. The Morgan fingerprint density at radius 1 is 1.06 bits per heavy atom. The fourth-order valence-electron chi connectivity index (χ4n) is 3.67. The van der Waals surface area contributed by atoms with Crippen LogP contribution in [-0.2, 0) is 26.2 Å². The van der Waals surface area contributed by atoms with Crippen molar-refractivity contribution in [2.45, 2.75) is 45.8 Å². The lowest BCUT2D eigenvalue weighted by molar-refractivity contribution is -0.140. The highest BCUT2D eigenvalue weighted by molar-refractivity contribution is 7.92. The van der Waals surface area contributed by atoms with Crippen LogP contribution in [0.5, 0.6) is 11.5 Å². The van der Waals surface area contributed by atoms with E-state index < -0.39 is 28.5 Å². The third-order valence-corrected chi connectivity index (χ3v) is 6.80. The van der Waals surface area contributed by atoms with Gasteiger partial charge in [0.15, 0.2) is 0 Å². The zero-order chi connectivity index (χ0) is 27.0. The van der Waals surface area contributed by atoms with Crippen molar-refractivity contribution in [1.29, 1.82) is 0 Å². The maximum absolute atomic E-state index is 13.7. The Morgan fingerprint density at radius 2 is 1.69 bits per heavy atom. The number of hydrogen-bond donors (Lipinski definition) is 1. The minimum absolute atomic E-state index is 0.0946. The quantitative estimate of drug-likeness (QED) is 0.443. The van der Waals surface area contributed by atoms with Crippen molar-refractivity contribution in [3.63, 3.8) is 0 Å². The first kappa shape index (κ1) is 29.3. The SMILES string of the molecule is CC[C@@H](C(=O)NC(C)C)N(Cc1ccc(Cl)cc1)C(=O)CN(c1ccc(OC)cc1OC)S(C)(=O)=O. The summed E-state index contributed by atoms with van der Waals surface area (Å²) in [6.07, 6.45) is 1.35. The smallest absolute Gasteiger partial charge is 0.244 e. The van der Waals surface area contributed by atoms with Crippen molar-refractivity contribution in [2.75, 3.05) is 31.3 Å². The van der Waals surface area contributed by atoms with Gasteiger partial charge in [-0.3, -0.25) is 13.9 Å². The van der Waals surface area contributed by atoms with E-state index in [-0.39, 0.29) is 29.9 Å². The van der Waals surface area contributed by atoms with E-state index in [1.54, 1.807) is 37.3 Å². The lowest BCUT2D eigenvalue weighted by Crippen LogP contribution is -2.53. The van der Waals surface area contributed by atoms with Crippen molar-refractivity contribution in [3.8, 4) is 11.5 Å². The monoisotopic (exact) mass is 539 g/mol. The van der Waals surface area contributed by atoms with E-state index in [0.717, 1.165) is 16.1 Å². The number of nitrogens with one attached hydrogen (secondary N) is 1. The number of ether oxygens (including phenoxy) is 2. The number of amides is 2. The molecule has 36 heavy (non-hydrogen) atoms. The average Bonchev–Trinajstić information content (AvgIpc) is 2.82. The Labute approximate surface area is 218 Å². The molecular formula is C25H34ClN3O6S. The van der Waals surface area contributed by atoms with Gasteiger partial charge in [0.25, 0.3) is 0 Å². The van der Waals surface area contributed by atoms with Crippen molar-refractivity contribution in [1.82, 2.24) is 10.2 Å². The molecule has 0 fully saturated rings. The lowest BCUT2D eigenvalue weighted by Gasteiger charge is -2.33. The van der Waals surface area contributed by atoms with Crippen LogP contribution in [0.3, 0.4) is 0 Å². The van der Waals surface area contributed by atoms with E-state index in [9.17, 15) is 18.0 Å². The summed E-state index contributed by atoms with van der Waals surface area (Å²) in [5.74, 6) is -0.167. The maximum atomic E-state index is 13.7. The summed E-state index contributed by atoms with van der Waals surface area (Å²) in [6.45, 7) is 5.03. The first-order chi connectivity index (χ1) is 16.9. The van der Waals surface area contributed by atoms with E-state index in [2.05, 4.69) is 5.32 Å². The number of methoxy groups -OCH3 is 2. The summed E-state index contributed by atoms with van der Waals surface area (Å²) in [5.41, 5.74) is 0.928. The van der Waals surface area contributed by atoms with E-state index >= 15 is 0 Å². The molecular weight excluding hydrogens is 506 g/mol. The average molecular weight is 540 g/mol. The number of hydrogen-bond acceptors (Lipinski definition) is 6. The van der Waals surface area contributed by atoms with Gasteiger partial charge in [-0.25, -0.2) is 8.42 Å². The number of anilines is 1. The molecule has 0 aliphatic carbocycles. The second-order valence-electron chi connectivity index (χ2n) is 8.54. The van der Waals surface area contributed by atoms with E-state index in [1.165, 1.54) is 31.3 Å². The summed E-state index contributed by atoms with van der Waals surface area (Å²) in [6, 6.07) is 10.6. The van der Waals surface area contributed by atoms with Crippen molar-refractivity contribution in [2.24, 2.45) is 0 Å². The van der Waals surface area contributed by atoms with Gasteiger partial charge in [-0.1, -0.05) is 30.7 Å². The van der Waals surface area contributed by atoms with Gasteiger partial charge in [0.2, 0.25) is 21.8 Å². The van der Waals surface area contributed by atoms with Gasteiger partial charge in [-0.15, -0.1) is 0 Å². The first-order valence-corrected chi connectivity index (χ1v) is 13.7. The molecule has 11 heteroatoms. The molecule has 0 aromatic heterocycles.